The van der Waals surface area contributed by atoms with Gasteiger partial charge in [0.05, 0.1) is 6.10 Å². The second-order valence-corrected chi connectivity index (χ2v) is 4.68. The van der Waals surface area contributed by atoms with Crippen LogP contribution in [0, 0.1) is 0 Å². The average Bonchev–Trinajstić information content (AvgIpc) is 2.63. The predicted octanol–water partition coefficient (Wildman–Crippen LogP) is 0.585. The van der Waals surface area contributed by atoms with Gasteiger partial charge in [0, 0.05) is 19.1 Å². The Morgan fingerprint density at radius 3 is 2.86 bits per heavy atom. The van der Waals surface area contributed by atoms with Crippen LogP contribution in [-0.4, -0.2) is 48.3 Å². The Kier molecular flexibility index (Phi) is 3.79. The lowest BCUT2D eigenvalue weighted by Gasteiger charge is -2.25. The summed E-state index contributed by atoms with van der Waals surface area (Å²) < 4.78 is 0. The van der Waals surface area contributed by atoms with Crippen LogP contribution in [0.4, 0.5) is 0 Å². The summed E-state index contributed by atoms with van der Waals surface area (Å²) in [7, 11) is 0. The van der Waals surface area contributed by atoms with Crippen LogP contribution in [0.5, 0.6) is 0 Å². The largest absolute Gasteiger partial charge is 0.392 e. The molecule has 2 saturated heterocycles. The number of rotatable bonds is 3. The van der Waals surface area contributed by atoms with E-state index < -0.39 is 0 Å². The number of nitrogens with zero attached hydrogens (tertiary/aromatic N) is 1. The van der Waals surface area contributed by atoms with Gasteiger partial charge in [-0.05, 0) is 38.8 Å². The Bertz CT molecular complexity index is 164. The number of hydrogen-bond donors (Lipinski definition) is 2. The topological polar surface area (TPSA) is 35.5 Å². The van der Waals surface area contributed by atoms with Gasteiger partial charge in [-0.3, -0.25) is 0 Å². The molecule has 0 aromatic rings. The molecule has 82 valence electrons. The van der Waals surface area contributed by atoms with E-state index in [-0.39, 0.29) is 6.10 Å². The van der Waals surface area contributed by atoms with Crippen LogP contribution in [0.3, 0.4) is 0 Å². The maximum absolute atomic E-state index is 9.38. The van der Waals surface area contributed by atoms with E-state index in [2.05, 4.69) is 10.2 Å². The van der Waals surface area contributed by atoms with Crippen molar-refractivity contribution in [2.45, 2.75) is 44.2 Å². The SMILES string of the molecule is O[C@H]1CCN(CC[C@@H]2CCCCN2)C1. The van der Waals surface area contributed by atoms with Crippen LogP contribution in [0.1, 0.15) is 32.1 Å². The molecule has 0 aliphatic carbocycles. The van der Waals surface area contributed by atoms with E-state index in [1.165, 1.54) is 32.2 Å². The molecule has 0 spiro atoms. The molecule has 14 heavy (non-hydrogen) atoms. The first-order valence-corrected chi connectivity index (χ1v) is 5.98. The van der Waals surface area contributed by atoms with Gasteiger partial charge in [0.2, 0.25) is 0 Å². The first-order valence-electron chi connectivity index (χ1n) is 5.98. The normalized spacial score (nSPS) is 34.9. The fraction of sp³-hybridized carbons (Fsp3) is 1.00. The molecule has 0 aromatic carbocycles. The summed E-state index contributed by atoms with van der Waals surface area (Å²) in [6.07, 6.45) is 6.25. The minimum Gasteiger partial charge on any atom is -0.392 e. The highest BCUT2D eigenvalue weighted by Crippen LogP contribution is 2.13. The molecule has 0 bridgehead atoms. The van der Waals surface area contributed by atoms with Gasteiger partial charge in [-0.2, -0.15) is 0 Å². The Balaban J connectivity index is 1.61. The van der Waals surface area contributed by atoms with Gasteiger partial charge in [-0.1, -0.05) is 6.42 Å². The number of likely N-dealkylation sites (tertiary alicyclic amines) is 1. The molecule has 0 unspecified atom stereocenters. The first-order chi connectivity index (χ1) is 6.84. The van der Waals surface area contributed by atoms with Crippen LogP contribution in [0.25, 0.3) is 0 Å². The van der Waals surface area contributed by atoms with Gasteiger partial charge in [0.1, 0.15) is 0 Å². The van der Waals surface area contributed by atoms with Crippen LogP contribution >= 0.6 is 0 Å². The van der Waals surface area contributed by atoms with Gasteiger partial charge < -0.3 is 15.3 Å². The van der Waals surface area contributed by atoms with Crippen LogP contribution in [0.2, 0.25) is 0 Å². The van der Waals surface area contributed by atoms with Crippen molar-refractivity contribution < 1.29 is 5.11 Å². The third-order valence-corrected chi connectivity index (χ3v) is 3.45. The molecule has 2 aliphatic heterocycles. The van der Waals surface area contributed by atoms with Gasteiger partial charge in [0.15, 0.2) is 0 Å². The van der Waals surface area contributed by atoms with E-state index >= 15 is 0 Å². The zero-order chi connectivity index (χ0) is 9.80. The van der Waals surface area contributed by atoms with Gasteiger partial charge >= 0.3 is 0 Å². The summed E-state index contributed by atoms with van der Waals surface area (Å²) >= 11 is 0. The number of aliphatic hydroxyl groups is 1. The van der Waals surface area contributed by atoms with Crippen LogP contribution < -0.4 is 5.32 Å². The molecule has 0 saturated carbocycles. The van der Waals surface area contributed by atoms with E-state index in [0.717, 1.165) is 32.1 Å². The molecule has 3 heteroatoms. The van der Waals surface area contributed by atoms with E-state index in [0.29, 0.717) is 0 Å². The first kappa shape index (κ1) is 10.4. The maximum atomic E-state index is 9.38. The zero-order valence-corrected chi connectivity index (χ0v) is 8.91. The van der Waals surface area contributed by atoms with Crippen LogP contribution in [0.15, 0.2) is 0 Å². The Morgan fingerprint density at radius 2 is 2.21 bits per heavy atom. The summed E-state index contributed by atoms with van der Waals surface area (Å²) in [5.41, 5.74) is 0. The third-order valence-electron chi connectivity index (χ3n) is 3.45. The second-order valence-electron chi connectivity index (χ2n) is 4.68. The quantitative estimate of drug-likeness (QED) is 0.696. The van der Waals surface area contributed by atoms with E-state index in [1.54, 1.807) is 0 Å². The average molecular weight is 198 g/mol. The van der Waals surface area contributed by atoms with Gasteiger partial charge in [-0.15, -0.1) is 0 Å². The predicted molar refractivity (Wildman–Crippen MR) is 57.3 cm³/mol. The molecule has 2 fully saturated rings. The summed E-state index contributed by atoms with van der Waals surface area (Å²) in [6, 6.07) is 0.737. The fourth-order valence-electron chi connectivity index (χ4n) is 2.52. The summed E-state index contributed by atoms with van der Waals surface area (Å²) in [5, 5.41) is 12.9. The molecule has 2 heterocycles. The molecule has 0 radical (unpaired) electrons. The van der Waals surface area contributed by atoms with E-state index in [1.807, 2.05) is 0 Å². The van der Waals surface area contributed by atoms with E-state index in [9.17, 15) is 5.11 Å². The van der Waals surface area contributed by atoms with Crippen molar-refractivity contribution in [3.05, 3.63) is 0 Å². The molecule has 2 N–H and O–H groups in total. The Hall–Kier alpha value is -0.120. The molecule has 2 rings (SSSR count). The van der Waals surface area contributed by atoms with Gasteiger partial charge in [0.25, 0.3) is 0 Å². The summed E-state index contributed by atoms with van der Waals surface area (Å²) in [4.78, 5) is 2.39. The molecule has 3 nitrogen and oxygen atoms in total. The lowest BCUT2D eigenvalue weighted by atomic mass is 10.0. The number of β-amino-alcohol motifs (C(OH)–C–C–N with tert-alkyl or cyclic N) is 1. The molecule has 0 amide bonds. The van der Waals surface area contributed by atoms with Gasteiger partial charge in [-0.25, -0.2) is 0 Å². The molecular formula is C11H22N2O. The molecule has 2 atom stereocenters. The standard InChI is InChI=1S/C11H22N2O/c14-11-5-8-13(9-11)7-4-10-3-1-2-6-12-10/h10-12,14H,1-9H2/t10-,11-/m0/s1. The van der Waals surface area contributed by atoms with Crippen molar-refractivity contribution in [3.8, 4) is 0 Å². The Morgan fingerprint density at radius 1 is 1.29 bits per heavy atom. The zero-order valence-electron chi connectivity index (χ0n) is 8.91. The highest BCUT2D eigenvalue weighted by Gasteiger charge is 2.21. The number of piperidine rings is 1. The summed E-state index contributed by atoms with van der Waals surface area (Å²) in [6.45, 7) is 4.35. The number of hydrogen-bond acceptors (Lipinski definition) is 3. The monoisotopic (exact) mass is 198 g/mol. The minimum atomic E-state index is -0.0608. The summed E-state index contributed by atoms with van der Waals surface area (Å²) in [5.74, 6) is 0. The lowest BCUT2D eigenvalue weighted by molar-refractivity contribution is 0.174. The number of aliphatic hydroxyl groups excluding tert-OH is 1. The van der Waals surface area contributed by atoms with Crippen molar-refractivity contribution in [1.29, 1.82) is 0 Å². The highest BCUT2D eigenvalue weighted by molar-refractivity contribution is 4.78. The fourth-order valence-corrected chi connectivity index (χ4v) is 2.52. The maximum Gasteiger partial charge on any atom is 0.0679 e. The van der Waals surface area contributed by atoms with E-state index in [4.69, 9.17) is 0 Å². The molecule has 2 aliphatic rings. The van der Waals surface area contributed by atoms with Crippen molar-refractivity contribution in [3.63, 3.8) is 0 Å². The highest BCUT2D eigenvalue weighted by atomic mass is 16.3. The van der Waals surface area contributed by atoms with Crippen molar-refractivity contribution in [1.82, 2.24) is 10.2 Å². The smallest absolute Gasteiger partial charge is 0.0679 e. The van der Waals surface area contributed by atoms with Crippen molar-refractivity contribution >= 4 is 0 Å². The third kappa shape index (κ3) is 2.94. The molecule has 0 aromatic heterocycles. The molecular weight excluding hydrogens is 176 g/mol. The van der Waals surface area contributed by atoms with Crippen molar-refractivity contribution in [2.24, 2.45) is 0 Å². The minimum absolute atomic E-state index is 0.0608. The number of nitrogens with one attached hydrogen (secondary N) is 1. The second kappa shape index (κ2) is 5.10. The lowest BCUT2D eigenvalue weighted by Crippen LogP contribution is -2.37. The Labute approximate surface area is 86.5 Å². The van der Waals surface area contributed by atoms with Crippen molar-refractivity contribution in [2.75, 3.05) is 26.2 Å². The van der Waals surface area contributed by atoms with Crippen LogP contribution in [-0.2, 0) is 0 Å².